The van der Waals surface area contributed by atoms with Crippen LogP contribution in [0.4, 0.5) is 0 Å². The monoisotopic (exact) mass is 315 g/mol. The first-order valence-electron chi connectivity index (χ1n) is 7.48. The third-order valence-electron chi connectivity index (χ3n) is 3.81. The van der Waals surface area contributed by atoms with Gasteiger partial charge in [0.1, 0.15) is 0 Å². The van der Waals surface area contributed by atoms with Gasteiger partial charge in [-0.25, -0.2) is 13.1 Å². The molecule has 3 N–H and O–H groups in total. The Hall–Kier alpha value is -0.890. The van der Waals surface area contributed by atoms with Crippen LogP contribution in [0.2, 0.25) is 0 Å². The van der Waals surface area contributed by atoms with Gasteiger partial charge in [0.25, 0.3) is 0 Å². The maximum absolute atomic E-state index is 12.3. The Labute approximate surface area is 126 Å². The molecule has 1 saturated carbocycles. The first kappa shape index (κ1) is 16.5. The first-order chi connectivity index (χ1) is 10.0. The van der Waals surface area contributed by atoms with Crippen LogP contribution in [0.1, 0.15) is 38.3 Å². The lowest BCUT2D eigenvalue weighted by Gasteiger charge is -2.12. The molecule has 120 valence electrons. The Morgan fingerprint density at radius 2 is 2.24 bits per heavy atom. The van der Waals surface area contributed by atoms with Crippen LogP contribution in [-0.2, 0) is 21.3 Å². The fourth-order valence-corrected chi connectivity index (χ4v) is 3.93. The van der Waals surface area contributed by atoms with Gasteiger partial charge in [-0.1, -0.05) is 6.92 Å². The minimum absolute atomic E-state index is 0.0310. The molecule has 0 amide bonds. The summed E-state index contributed by atoms with van der Waals surface area (Å²) in [7, 11) is -1.78. The summed E-state index contributed by atoms with van der Waals surface area (Å²) < 4.78 is 32.7. The Morgan fingerprint density at radius 3 is 2.90 bits per heavy atom. The molecule has 21 heavy (non-hydrogen) atoms. The standard InChI is InChI=1S/C14H25N3O3S/c1-3-6-15-9-12-8-14(10-16-12)21(18,19)17-11-4-5-13(7-11)20-2/h8,10-11,13,15-17H,3-7,9H2,1-2H3. The van der Waals surface area contributed by atoms with Crippen LogP contribution < -0.4 is 10.0 Å². The Balaban J connectivity index is 1.93. The normalized spacial score (nSPS) is 22.8. The maximum Gasteiger partial charge on any atom is 0.242 e. The zero-order valence-corrected chi connectivity index (χ0v) is 13.5. The predicted octanol–water partition coefficient (Wildman–Crippen LogP) is 1.36. The molecule has 0 spiro atoms. The van der Waals surface area contributed by atoms with E-state index < -0.39 is 10.0 Å². The molecule has 0 radical (unpaired) electrons. The Kier molecular flexibility index (Phi) is 5.80. The summed E-state index contributed by atoms with van der Waals surface area (Å²) in [5, 5.41) is 3.24. The highest BCUT2D eigenvalue weighted by Crippen LogP contribution is 2.23. The van der Waals surface area contributed by atoms with E-state index in [4.69, 9.17) is 4.74 Å². The summed E-state index contributed by atoms with van der Waals surface area (Å²) >= 11 is 0. The lowest BCUT2D eigenvalue weighted by Crippen LogP contribution is -2.33. The summed E-state index contributed by atoms with van der Waals surface area (Å²) in [6.07, 6.45) is 5.24. The molecule has 1 aromatic heterocycles. The highest BCUT2D eigenvalue weighted by Gasteiger charge is 2.29. The molecule has 0 saturated heterocycles. The van der Waals surface area contributed by atoms with Crippen molar-refractivity contribution in [3.63, 3.8) is 0 Å². The molecule has 0 aromatic carbocycles. The van der Waals surface area contributed by atoms with Crippen molar-refractivity contribution in [2.75, 3.05) is 13.7 Å². The van der Waals surface area contributed by atoms with Gasteiger partial charge >= 0.3 is 0 Å². The van der Waals surface area contributed by atoms with Crippen LogP contribution in [-0.4, -0.2) is 39.2 Å². The van der Waals surface area contributed by atoms with Crippen LogP contribution in [0, 0.1) is 0 Å². The third kappa shape index (κ3) is 4.54. The van der Waals surface area contributed by atoms with Crippen molar-refractivity contribution in [2.45, 2.75) is 56.2 Å². The molecular weight excluding hydrogens is 290 g/mol. The second-order valence-electron chi connectivity index (χ2n) is 5.53. The van der Waals surface area contributed by atoms with E-state index >= 15 is 0 Å². The highest BCUT2D eigenvalue weighted by molar-refractivity contribution is 7.89. The van der Waals surface area contributed by atoms with Gasteiger partial charge in [0, 0.05) is 31.6 Å². The molecule has 1 aromatic rings. The van der Waals surface area contributed by atoms with Crippen molar-refractivity contribution < 1.29 is 13.2 Å². The Bertz CT molecular complexity index is 541. The first-order valence-corrected chi connectivity index (χ1v) is 8.96. The minimum Gasteiger partial charge on any atom is -0.381 e. The number of rotatable bonds is 8. The predicted molar refractivity (Wildman–Crippen MR) is 81.5 cm³/mol. The largest absolute Gasteiger partial charge is 0.381 e. The summed E-state index contributed by atoms with van der Waals surface area (Å²) in [6.45, 7) is 3.66. The summed E-state index contributed by atoms with van der Waals surface area (Å²) in [4.78, 5) is 3.31. The van der Waals surface area contributed by atoms with E-state index in [0.717, 1.165) is 37.9 Å². The number of sulfonamides is 1. The van der Waals surface area contributed by atoms with Gasteiger partial charge in [-0.15, -0.1) is 0 Å². The topological polar surface area (TPSA) is 83.2 Å². The Morgan fingerprint density at radius 1 is 1.43 bits per heavy atom. The summed E-state index contributed by atoms with van der Waals surface area (Å²) in [5.41, 5.74) is 0.880. The van der Waals surface area contributed by atoms with Crippen LogP contribution in [0.15, 0.2) is 17.2 Å². The third-order valence-corrected chi connectivity index (χ3v) is 5.31. The molecule has 1 heterocycles. The van der Waals surface area contributed by atoms with E-state index in [0.29, 0.717) is 11.4 Å². The van der Waals surface area contributed by atoms with E-state index in [1.54, 1.807) is 19.4 Å². The van der Waals surface area contributed by atoms with Crippen molar-refractivity contribution in [1.29, 1.82) is 0 Å². The van der Waals surface area contributed by atoms with Gasteiger partial charge < -0.3 is 15.0 Å². The summed E-state index contributed by atoms with van der Waals surface area (Å²) in [5.74, 6) is 0. The number of nitrogens with one attached hydrogen (secondary N) is 3. The van der Waals surface area contributed by atoms with Crippen LogP contribution in [0.3, 0.4) is 0 Å². The average molecular weight is 315 g/mol. The quantitative estimate of drug-likeness (QED) is 0.633. The zero-order chi connectivity index (χ0) is 15.3. The molecule has 1 aliphatic carbocycles. The molecular formula is C14H25N3O3S. The van der Waals surface area contributed by atoms with Crippen molar-refractivity contribution in [3.8, 4) is 0 Å². The number of methoxy groups -OCH3 is 1. The number of aromatic amines is 1. The fourth-order valence-electron chi connectivity index (χ4n) is 2.62. The zero-order valence-electron chi connectivity index (χ0n) is 12.7. The summed E-state index contributed by atoms with van der Waals surface area (Å²) in [6, 6.07) is 1.66. The van der Waals surface area contributed by atoms with Crippen molar-refractivity contribution in [2.24, 2.45) is 0 Å². The van der Waals surface area contributed by atoms with Crippen molar-refractivity contribution >= 4 is 10.0 Å². The number of aromatic nitrogens is 1. The molecule has 1 fully saturated rings. The lowest BCUT2D eigenvalue weighted by molar-refractivity contribution is 0.107. The van der Waals surface area contributed by atoms with Gasteiger partial charge in [-0.2, -0.15) is 0 Å². The average Bonchev–Trinajstić information content (AvgIpc) is 3.08. The minimum atomic E-state index is -3.45. The second-order valence-corrected chi connectivity index (χ2v) is 7.24. The van der Waals surface area contributed by atoms with E-state index in [1.165, 1.54) is 0 Å². The van der Waals surface area contributed by atoms with E-state index in [9.17, 15) is 8.42 Å². The molecule has 1 aliphatic rings. The molecule has 2 atom stereocenters. The highest BCUT2D eigenvalue weighted by atomic mass is 32.2. The maximum atomic E-state index is 12.3. The van der Waals surface area contributed by atoms with E-state index in [-0.39, 0.29) is 12.1 Å². The number of ether oxygens (including phenoxy) is 1. The lowest BCUT2D eigenvalue weighted by atomic mass is 10.3. The molecule has 2 unspecified atom stereocenters. The SMILES string of the molecule is CCCNCc1cc(S(=O)(=O)NC2CCC(OC)C2)c[nH]1. The van der Waals surface area contributed by atoms with Gasteiger partial charge in [0.2, 0.25) is 10.0 Å². The van der Waals surface area contributed by atoms with Crippen LogP contribution in [0.25, 0.3) is 0 Å². The molecule has 6 nitrogen and oxygen atoms in total. The number of H-pyrrole nitrogens is 1. The second kappa shape index (κ2) is 7.40. The molecule has 0 bridgehead atoms. The smallest absolute Gasteiger partial charge is 0.242 e. The fraction of sp³-hybridized carbons (Fsp3) is 0.714. The van der Waals surface area contributed by atoms with Gasteiger partial charge in [-0.05, 0) is 38.3 Å². The van der Waals surface area contributed by atoms with Gasteiger partial charge in [0.05, 0.1) is 11.0 Å². The van der Waals surface area contributed by atoms with Crippen molar-refractivity contribution in [3.05, 3.63) is 18.0 Å². The molecule has 0 aliphatic heterocycles. The van der Waals surface area contributed by atoms with Gasteiger partial charge in [-0.3, -0.25) is 0 Å². The van der Waals surface area contributed by atoms with Gasteiger partial charge in [0.15, 0.2) is 0 Å². The number of hydrogen-bond donors (Lipinski definition) is 3. The van der Waals surface area contributed by atoms with E-state index in [2.05, 4.69) is 21.9 Å². The van der Waals surface area contributed by atoms with E-state index in [1.807, 2.05) is 0 Å². The molecule has 7 heteroatoms. The molecule has 2 rings (SSSR count). The van der Waals surface area contributed by atoms with Crippen LogP contribution >= 0.6 is 0 Å². The number of hydrogen-bond acceptors (Lipinski definition) is 4. The van der Waals surface area contributed by atoms with Crippen LogP contribution in [0.5, 0.6) is 0 Å². The van der Waals surface area contributed by atoms with Crippen molar-refractivity contribution in [1.82, 2.24) is 15.0 Å².